The van der Waals surface area contributed by atoms with Gasteiger partial charge < -0.3 is 10.4 Å². The molecule has 1 amide bonds. The van der Waals surface area contributed by atoms with Gasteiger partial charge in [-0.3, -0.25) is 9.59 Å². The minimum Gasteiger partial charge on any atom is -0.503 e. The highest BCUT2D eigenvalue weighted by Gasteiger charge is 2.25. The van der Waals surface area contributed by atoms with Gasteiger partial charge in [0, 0.05) is 6.54 Å². The molecule has 5 heteroatoms. The second-order valence-electron chi connectivity index (χ2n) is 3.14. The number of hydrogen-bond donors (Lipinski definition) is 2. The van der Waals surface area contributed by atoms with Crippen molar-refractivity contribution in [3.05, 3.63) is 33.7 Å². The first-order valence-electron chi connectivity index (χ1n) is 4.48. The number of aliphatic hydroxyl groups excluding tert-OH is 1. The summed E-state index contributed by atoms with van der Waals surface area (Å²) in [4.78, 5) is 23.5. The highest BCUT2D eigenvalue weighted by atomic mass is 32.1. The van der Waals surface area contributed by atoms with Crippen LogP contribution >= 0.6 is 11.3 Å². The number of amides is 1. The number of aliphatic hydroxyl groups is 1. The summed E-state index contributed by atoms with van der Waals surface area (Å²) >= 11 is 1.30. The van der Waals surface area contributed by atoms with E-state index in [9.17, 15) is 14.7 Å². The van der Waals surface area contributed by atoms with E-state index in [1.54, 1.807) is 17.5 Å². The number of Topliss-reactive ketones (excluding diaryl/α,β-unsaturated/α-hetero) is 1. The quantitative estimate of drug-likeness (QED) is 0.742. The molecule has 0 saturated heterocycles. The summed E-state index contributed by atoms with van der Waals surface area (Å²) in [6.45, 7) is 0.398. The van der Waals surface area contributed by atoms with Crippen molar-refractivity contribution in [1.29, 1.82) is 0 Å². The maximum Gasteiger partial charge on any atom is 0.286 e. The van der Waals surface area contributed by atoms with Crippen LogP contribution in [-0.2, 0) is 4.79 Å². The molecule has 1 aliphatic heterocycles. The van der Waals surface area contributed by atoms with E-state index >= 15 is 0 Å². The van der Waals surface area contributed by atoms with Crippen LogP contribution < -0.4 is 5.32 Å². The Hall–Kier alpha value is -1.62. The van der Waals surface area contributed by atoms with Crippen LogP contribution in [0.3, 0.4) is 0 Å². The molecule has 0 aliphatic carbocycles. The first-order chi connectivity index (χ1) is 7.20. The van der Waals surface area contributed by atoms with Crippen LogP contribution in [0.2, 0.25) is 0 Å². The van der Waals surface area contributed by atoms with Gasteiger partial charge in [-0.15, -0.1) is 11.3 Å². The SMILES string of the molecule is O=C1NCCC(C(=O)c2cccs2)=C1O. The van der Waals surface area contributed by atoms with E-state index in [1.165, 1.54) is 11.3 Å². The van der Waals surface area contributed by atoms with Crippen molar-refractivity contribution in [3.63, 3.8) is 0 Å². The minimum absolute atomic E-state index is 0.209. The lowest BCUT2D eigenvalue weighted by Gasteiger charge is -2.14. The number of carbonyl (C=O) groups excluding carboxylic acids is 2. The zero-order valence-electron chi connectivity index (χ0n) is 7.82. The van der Waals surface area contributed by atoms with Crippen molar-refractivity contribution in [2.45, 2.75) is 6.42 Å². The summed E-state index contributed by atoms with van der Waals surface area (Å²) in [5.41, 5.74) is 0.209. The van der Waals surface area contributed by atoms with Crippen molar-refractivity contribution in [1.82, 2.24) is 5.32 Å². The number of hydrogen-bond acceptors (Lipinski definition) is 4. The molecule has 2 N–H and O–H groups in total. The fourth-order valence-electron chi connectivity index (χ4n) is 1.42. The molecule has 2 rings (SSSR count). The second-order valence-corrected chi connectivity index (χ2v) is 4.09. The third kappa shape index (κ3) is 1.78. The molecule has 1 aromatic heterocycles. The Morgan fingerprint density at radius 2 is 2.33 bits per heavy atom. The molecule has 0 radical (unpaired) electrons. The van der Waals surface area contributed by atoms with Crippen LogP contribution in [0.1, 0.15) is 16.1 Å². The van der Waals surface area contributed by atoms with E-state index in [4.69, 9.17) is 0 Å². The van der Waals surface area contributed by atoms with Gasteiger partial charge in [0.15, 0.2) is 5.76 Å². The summed E-state index contributed by atoms with van der Waals surface area (Å²) in [6, 6.07) is 3.44. The van der Waals surface area contributed by atoms with E-state index in [0.29, 0.717) is 17.8 Å². The fraction of sp³-hybridized carbons (Fsp3) is 0.200. The summed E-state index contributed by atoms with van der Waals surface area (Å²) in [6.07, 6.45) is 0.383. The molecule has 78 valence electrons. The van der Waals surface area contributed by atoms with E-state index in [-0.39, 0.29) is 11.4 Å². The van der Waals surface area contributed by atoms with Crippen molar-refractivity contribution in [2.24, 2.45) is 0 Å². The van der Waals surface area contributed by atoms with Crippen LogP contribution in [-0.4, -0.2) is 23.3 Å². The molecule has 0 unspecified atom stereocenters. The average Bonchev–Trinajstić information content (AvgIpc) is 2.74. The number of carbonyl (C=O) groups is 2. The predicted molar refractivity (Wildman–Crippen MR) is 55.9 cm³/mol. The predicted octanol–water partition coefficient (Wildman–Crippen LogP) is 1.26. The zero-order valence-corrected chi connectivity index (χ0v) is 8.63. The van der Waals surface area contributed by atoms with Gasteiger partial charge in [0.25, 0.3) is 5.91 Å². The second kappa shape index (κ2) is 3.86. The maximum atomic E-state index is 11.8. The van der Waals surface area contributed by atoms with E-state index in [1.807, 2.05) is 0 Å². The first-order valence-corrected chi connectivity index (χ1v) is 5.36. The lowest BCUT2D eigenvalue weighted by atomic mass is 10.0. The Morgan fingerprint density at radius 3 is 3.00 bits per heavy atom. The molecule has 0 spiro atoms. The van der Waals surface area contributed by atoms with Gasteiger partial charge in [0.2, 0.25) is 5.78 Å². The monoisotopic (exact) mass is 223 g/mol. The van der Waals surface area contributed by atoms with Crippen LogP contribution in [0.5, 0.6) is 0 Å². The molecule has 0 fully saturated rings. The minimum atomic E-state index is -0.568. The molecule has 4 nitrogen and oxygen atoms in total. The Morgan fingerprint density at radius 1 is 1.53 bits per heavy atom. The van der Waals surface area contributed by atoms with E-state index < -0.39 is 11.7 Å². The highest BCUT2D eigenvalue weighted by molar-refractivity contribution is 7.12. The Kier molecular flexibility index (Phi) is 2.55. The highest BCUT2D eigenvalue weighted by Crippen LogP contribution is 2.20. The van der Waals surface area contributed by atoms with E-state index in [2.05, 4.69) is 5.32 Å². The van der Waals surface area contributed by atoms with Gasteiger partial charge in [-0.2, -0.15) is 0 Å². The van der Waals surface area contributed by atoms with E-state index in [0.717, 1.165) is 0 Å². The average molecular weight is 223 g/mol. The molecule has 1 aromatic rings. The van der Waals surface area contributed by atoms with Gasteiger partial charge >= 0.3 is 0 Å². The molecular weight excluding hydrogens is 214 g/mol. The number of rotatable bonds is 2. The maximum absolute atomic E-state index is 11.8. The molecular formula is C10H9NO3S. The van der Waals surface area contributed by atoms with Crippen LogP contribution in [0, 0.1) is 0 Å². The molecule has 0 bridgehead atoms. The molecule has 15 heavy (non-hydrogen) atoms. The molecule has 0 saturated carbocycles. The van der Waals surface area contributed by atoms with Crippen molar-refractivity contribution in [2.75, 3.05) is 6.54 Å². The van der Waals surface area contributed by atoms with Gasteiger partial charge in [-0.25, -0.2) is 0 Å². The topological polar surface area (TPSA) is 66.4 Å². The third-order valence-corrected chi connectivity index (χ3v) is 3.05. The van der Waals surface area contributed by atoms with Crippen LogP contribution in [0.15, 0.2) is 28.8 Å². The Labute approximate surface area is 90.2 Å². The smallest absolute Gasteiger partial charge is 0.286 e. The van der Waals surface area contributed by atoms with Crippen molar-refractivity contribution in [3.8, 4) is 0 Å². The largest absolute Gasteiger partial charge is 0.503 e. The zero-order chi connectivity index (χ0) is 10.8. The first kappa shape index (κ1) is 9.92. The van der Waals surface area contributed by atoms with Crippen LogP contribution in [0.4, 0.5) is 0 Å². The number of ketones is 1. The molecule has 2 heterocycles. The summed E-state index contributed by atoms with van der Waals surface area (Å²) in [5.74, 6) is -1.27. The Bertz CT molecular complexity index is 434. The van der Waals surface area contributed by atoms with Gasteiger partial charge in [-0.1, -0.05) is 6.07 Å². The van der Waals surface area contributed by atoms with Crippen molar-refractivity contribution >= 4 is 23.0 Å². The Balaban J connectivity index is 2.35. The normalized spacial score (nSPS) is 16.4. The summed E-state index contributed by atoms with van der Waals surface area (Å²) < 4.78 is 0. The third-order valence-electron chi connectivity index (χ3n) is 2.18. The lowest BCUT2D eigenvalue weighted by molar-refractivity contribution is -0.120. The molecule has 1 aliphatic rings. The molecule has 0 atom stereocenters. The van der Waals surface area contributed by atoms with Gasteiger partial charge in [0.1, 0.15) is 0 Å². The fourth-order valence-corrected chi connectivity index (χ4v) is 2.11. The lowest BCUT2D eigenvalue weighted by Crippen LogP contribution is -2.33. The van der Waals surface area contributed by atoms with Gasteiger partial charge in [0.05, 0.1) is 10.5 Å². The van der Waals surface area contributed by atoms with Gasteiger partial charge in [-0.05, 0) is 17.9 Å². The number of thiophene rings is 1. The molecule has 0 aromatic carbocycles. The standard InChI is InChI=1S/C10H9NO3S/c12-8(7-2-1-5-15-7)6-3-4-11-10(14)9(6)13/h1-2,5,13H,3-4H2,(H,11,14). The summed E-state index contributed by atoms with van der Waals surface area (Å²) in [7, 11) is 0. The van der Waals surface area contributed by atoms with Crippen LogP contribution in [0.25, 0.3) is 0 Å². The van der Waals surface area contributed by atoms with Crippen molar-refractivity contribution < 1.29 is 14.7 Å². The summed E-state index contributed by atoms with van der Waals surface area (Å²) in [5, 5.41) is 13.7. The number of nitrogens with one attached hydrogen (secondary N) is 1.